The van der Waals surface area contributed by atoms with Crippen LogP contribution in [0, 0.1) is 11.3 Å². The molecule has 0 aliphatic rings. The highest BCUT2D eigenvalue weighted by atomic mass is 32.2. The zero-order valence-corrected chi connectivity index (χ0v) is 12.5. The van der Waals surface area contributed by atoms with Crippen molar-refractivity contribution in [1.82, 2.24) is 10.3 Å². The largest absolute Gasteiger partial charge is 0.349 e. The van der Waals surface area contributed by atoms with Gasteiger partial charge in [-0.3, -0.25) is 4.79 Å². The second-order valence-corrected chi connectivity index (χ2v) is 7.18. The van der Waals surface area contributed by atoms with Crippen molar-refractivity contribution in [3.05, 3.63) is 23.9 Å². The van der Waals surface area contributed by atoms with E-state index >= 15 is 0 Å². The Hall–Kier alpha value is -1.54. The number of pyridine rings is 1. The minimum absolute atomic E-state index is 0.0518. The average Bonchev–Trinajstić information content (AvgIpc) is 2.27. The monoisotopic (exact) mass is 277 g/mol. The highest BCUT2D eigenvalue weighted by molar-refractivity contribution is 8.00. The van der Waals surface area contributed by atoms with E-state index in [4.69, 9.17) is 5.26 Å². The Morgan fingerprint density at radius 1 is 1.58 bits per heavy atom. The van der Waals surface area contributed by atoms with Crippen LogP contribution in [0.25, 0.3) is 0 Å². The summed E-state index contributed by atoms with van der Waals surface area (Å²) in [5.41, 5.74) is 0.575. The molecule has 0 aromatic carbocycles. The van der Waals surface area contributed by atoms with E-state index in [0.29, 0.717) is 12.0 Å². The molecular weight excluding hydrogens is 258 g/mol. The van der Waals surface area contributed by atoms with Crippen molar-refractivity contribution in [3.8, 4) is 6.07 Å². The van der Waals surface area contributed by atoms with Gasteiger partial charge < -0.3 is 5.32 Å². The minimum Gasteiger partial charge on any atom is -0.349 e. The summed E-state index contributed by atoms with van der Waals surface area (Å²) in [7, 11) is 0. The molecule has 0 fully saturated rings. The molecule has 5 heteroatoms. The molecule has 0 unspecified atom stereocenters. The summed E-state index contributed by atoms with van der Waals surface area (Å²) < 4.78 is 0.0518. The van der Waals surface area contributed by atoms with Crippen molar-refractivity contribution in [1.29, 1.82) is 5.26 Å². The molecule has 0 aliphatic heterocycles. The molecule has 0 saturated heterocycles. The summed E-state index contributed by atoms with van der Waals surface area (Å²) in [6, 6.07) is 5.35. The van der Waals surface area contributed by atoms with Crippen LogP contribution in [0.2, 0.25) is 0 Å². The van der Waals surface area contributed by atoms with Crippen LogP contribution in [-0.2, 0) is 0 Å². The lowest BCUT2D eigenvalue weighted by Gasteiger charge is -2.17. The molecule has 19 heavy (non-hydrogen) atoms. The normalized spacial score (nSPS) is 12.6. The third-order valence-corrected chi connectivity index (χ3v) is 3.23. The van der Waals surface area contributed by atoms with Gasteiger partial charge in [0.1, 0.15) is 0 Å². The van der Waals surface area contributed by atoms with Crippen molar-refractivity contribution in [3.63, 3.8) is 0 Å². The summed E-state index contributed by atoms with van der Waals surface area (Å²) in [5.74, 6) is -0.166. The number of aromatic nitrogens is 1. The van der Waals surface area contributed by atoms with Gasteiger partial charge in [0.25, 0.3) is 5.91 Å². The molecule has 1 N–H and O–H groups in total. The predicted octanol–water partition coefficient (Wildman–Crippen LogP) is 3.00. The van der Waals surface area contributed by atoms with E-state index in [0.717, 1.165) is 5.03 Å². The van der Waals surface area contributed by atoms with Crippen molar-refractivity contribution in [2.75, 3.05) is 0 Å². The van der Waals surface area contributed by atoms with Crippen LogP contribution < -0.4 is 5.32 Å². The summed E-state index contributed by atoms with van der Waals surface area (Å²) in [6.45, 7) is 8.11. The van der Waals surface area contributed by atoms with E-state index < -0.39 is 0 Å². The molecule has 0 bridgehead atoms. The van der Waals surface area contributed by atoms with Crippen molar-refractivity contribution in [2.24, 2.45) is 0 Å². The summed E-state index contributed by atoms with van der Waals surface area (Å²) in [4.78, 5) is 16.2. The quantitative estimate of drug-likeness (QED) is 0.859. The number of thioether (sulfide) groups is 1. The highest BCUT2D eigenvalue weighted by Gasteiger charge is 2.15. The number of nitrogens with one attached hydrogen (secondary N) is 1. The van der Waals surface area contributed by atoms with E-state index in [1.54, 1.807) is 30.1 Å². The Labute approximate surface area is 118 Å². The maximum absolute atomic E-state index is 12.0. The zero-order chi connectivity index (χ0) is 14.5. The second-order valence-electron chi connectivity index (χ2n) is 5.33. The smallest absolute Gasteiger partial charge is 0.251 e. The Kier molecular flexibility index (Phi) is 5.37. The van der Waals surface area contributed by atoms with E-state index in [1.807, 2.05) is 13.0 Å². The van der Waals surface area contributed by atoms with Crippen LogP contribution >= 0.6 is 11.8 Å². The predicted molar refractivity (Wildman–Crippen MR) is 77.0 cm³/mol. The molecule has 1 aromatic heterocycles. The Morgan fingerprint density at radius 3 is 2.84 bits per heavy atom. The molecule has 1 amide bonds. The van der Waals surface area contributed by atoms with Gasteiger partial charge in [-0.05, 0) is 19.1 Å². The fraction of sp³-hybridized carbons (Fsp3) is 0.500. The number of carbonyl (C=O) groups excluding carboxylic acids is 1. The molecule has 102 valence electrons. The van der Waals surface area contributed by atoms with Gasteiger partial charge in [-0.15, -0.1) is 11.8 Å². The van der Waals surface area contributed by atoms with Gasteiger partial charge in [-0.1, -0.05) is 20.8 Å². The standard InChI is InChI=1S/C14H19N3OS/c1-10(5-7-15)17-13(18)11-6-8-16-12(9-11)19-14(2,3)4/h6,8-10H,5H2,1-4H3,(H,17,18)/t10-/m1/s1. The molecule has 1 heterocycles. The van der Waals surface area contributed by atoms with Crippen LogP contribution in [0.15, 0.2) is 23.4 Å². The number of amides is 1. The summed E-state index contributed by atoms with van der Waals surface area (Å²) in [5, 5.41) is 12.2. The fourth-order valence-corrected chi connectivity index (χ4v) is 2.34. The topological polar surface area (TPSA) is 65.8 Å². The van der Waals surface area contributed by atoms with Gasteiger partial charge in [-0.25, -0.2) is 4.98 Å². The molecule has 1 rings (SSSR count). The molecule has 0 saturated carbocycles. The maximum Gasteiger partial charge on any atom is 0.251 e. The van der Waals surface area contributed by atoms with Crippen molar-refractivity contribution >= 4 is 17.7 Å². The van der Waals surface area contributed by atoms with Crippen LogP contribution in [0.5, 0.6) is 0 Å². The second kappa shape index (κ2) is 6.58. The summed E-state index contributed by atoms with van der Waals surface area (Å²) >= 11 is 1.62. The first-order chi connectivity index (χ1) is 8.81. The molecule has 1 aromatic rings. The van der Waals surface area contributed by atoms with E-state index in [2.05, 4.69) is 31.1 Å². The third kappa shape index (κ3) is 5.75. The van der Waals surface area contributed by atoms with Gasteiger partial charge in [0.15, 0.2) is 0 Å². The fourth-order valence-electron chi connectivity index (χ4n) is 1.42. The first-order valence-electron chi connectivity index (χ1n) is 6.14. The molecule has 4 nitrogen and oxygen atoms in total. The maximum atomic E-state index is 12.0. The van der Waals surface area contributed by atoms with Gasteiger partial charge in [0.2, 0.25) is 0 Å². The first-order valence-corrected chi connectivity index (χ1v) is 6.96. The number of hydrogen-bond acceptors (Lipinski definition) is 4. The molecule has 0 radical (unpaired) electrons. The lowest BCUT2D eigenvalue weighted by atomic mass is 10.2. The first kappa shape index (κ1) is 15.5. The summed E-state index contributed by atoms with van der Waals surface area (Å²) in [6.07, 6.45) is 1.94. The molecule has 0 aliphatic carbocycles. The van der Waals surface area contributed by atoms with Gasteiger partial charge in [0, 0.05) is 22.5 Å². The number of nitrogens with zero attached hydrogens (tertiary/aromatic N) is 2. The van der Waals surface area contributed by atoms with Crippen LogP contribution in [0.3, 0.4) is 0 Å². The third-order valence-electron chi connectivity index (χ3n) is 2.18. The molecular formula is C14H19N3OS. The van der Waals surface area contributed by atoms with Crippen LogP contribution in [-0.4, -0.2) is 21.7 Å². The average molecular weight is 277 g/mol. The number of hydrogen-bond donors (Lipinski definition) is 1. The van der Waals surface area contributed by atoms with Crippen LogP contribution in [0.4, 0.5) is 0 Å². The van der Waals surface area contributed by atoms with E-state index in [-0.39, 0.29) is 16.7 Å². The van der Waals surface area contributed by atoms with Gasteiger partial charge >= 0.3 is 0 Å². The Morgan fingerprint density at radius 2 is 2.26 bits per heavy atom. The van der Waals surface area contributed by atoms with Crippen molar-refractivity contribution < 1.29 is 4.79 Å². The number of carbonyl (C=O) groups is 1. The van der Waals surface area contributed by atoms with Crippen LogP contribution in [0.1, 0.15) is 44.5 Å². The molecule has 0 spiro atoms. The zero-order valence-electron chi connectivity index (χ0n) is 11.7. The Balaban J connectivity index is 2.76. The number of nitriles is 1. The van der Waals surface area contributed by atoms with E-state index in [9.17, 15) is 4.79 Å². The minimum atomic E-state index is -0.166. The van der Waals surface area contributed by atoms with Crippen molar-refractivity contribution in [2.45, 2.75) is 49.9 Å². The number of rotatable bonds is 4. The lowest BCUT2D eigenvalue weighted by Crippen LogP contribution is -2.32. The molecule has 1 atom stereocenters. The van der Waals surface area contributed by atoms with Gasteiger partial charge in [-0.2, -0.15) is 5.26 Å². The highest BCUT2D eigenvalue weighted by Crippen LogP contribution is 2.30. The lowest BCUT2D eigenvalue weighted by molar-refractivity contribution is 0.0940. The van der Waals surface area contributed by atoms with E-state index in [1.165, 1.54) is 0 Å². The van der Waals surface area contributed by atoms with Gasteiger partial charge in [0.05, 0.1) is 17.5 Å². The SMILES string of the molecule is C[C@H](CC#N)NC(=O)c1ccnc(SC(C)(C)C)c1. The Bertz CT molecular complexity index is 488.